The fraction of sp³-hybridized carbons (Fsp3) is 0.227. The predicted octanol–water partition coefficient (Wildman–Crippen LogP) is 4.23. The Bertz CT molecular complexity index is 902. The Morgan fingerprint density at radius 2 is 1.54 bits per heavy atom. The summed E-state index contributed by atoms with van der Waals surface area (Å²) in [5, 5.41) is 17.9. The fourth-order valence-electron chi connectivity index (χ4n) is 2.74. The number of carbonyl (C=O) groups excluding carboxylic acids is 2. The summed E-state index contributed by atoms with van der Waals surface area (Å²) in [6.07, 6.45) is 2.95. The first-order valence-electron chi connectivity index (χ1n) is 9.15. The fourth-order valence-corrected chi connectivity index (χ4v) is 2.74. The zero-order chi connectivity index (χ0) is 20.5. The van der Waals surface area contributed by atoms with Crippen molar-refractivity contribution in [3.8, 4) is 6.07 Å². The van der Waals surface area contributed by atoms with Crippen LogP contribution in [0.1, 0.15) is 31.9 Å². The van der Waals surface area contributed by atoms with Gasteiger partial charge in [-0.3, -0.25) is 9.59 Å². The van der Waals surface area contributed by atoms with Gasteiger partial charge < -0.3 is 16.0 Å². The normalized spacial score (nSPS) is 10.7. The summed E-state index contributed by atoms with van der Waals surface area (Å²) >= 11 is 0. The molecule has 0 saturated heterocycles. The van der Waals surface area contributed by atoms with E-state index in [0.717, 1.165) is 29.7 Å². The molecule has 0 atom stereocenters. The topological polar surface area (TPSA) is 94.0 Å². The average molecular weight is 376 g/mol. The van der Waals surface area contributed by atoms with Gasteiger partial charge in [0, 0.05) is 30.2 Å². The van der Waals surface area contributed by atoms with Crippen LogP contribution in [0.15, 0.2) is 54.2 Å². The zero-order valence-electron chi connectivity index (χ0n) is 16.3. The van der Waals surface area contributed by atoms with Gasteiger partial charge in [0.25, 0.3) is 5.91 Å². The molecular formula is C22H24N4O2. The third kappa shape index (κ3) is 5.45. The Balaban J connectivity index is 2.14. The van der Waals surface area contributed by atoms with Crippen LogP contribution >= 0.6 is 0 Å². The minimum Gasteiger partial charge on any atom is -0.360 e. The lowest BCUT2D eigenvalue weighted by molar-refractivity contribution is -0.114. The van der Waals surface area contributed by atoms with Crippen molar-refractivity contribution in [2.75, 3.05) is 16.0 Å². The van der Waals surface area contributed by atoms with Gasteiger partial charge in [-0.25, -0.2) is 0 Å². The van der Waals surface area contributed by atoms with Gasteiger partial charge in [-0.1, -0.05) is 32.0 Å². The molecule has 2 amide bonds. The van der Waals surface area contributed by atoms with Gasteiger partial charge in [-0.15, -0.1) is 0 Å². The van der Waals surface area contributed by atoms with Crippen molar-refractivity contribution in [3.05, 3.63) is 65.4 Å². The Morgan fingerprint density at radius 1 is 0.964 bits per heavy atom. The van der Waals surface area contributed by atoms with Gasteiger partial charge in [-0.2, -0.15) is 5.26 Å². The lowest BCUT2D eigenvalue weighted by Gasteiger charge is -2.14. The van der Waals surface area contributed by atoms with Crippen molar-refractivity contribution in [3.63, 3.8) is 0 Å². The molecular weight excluding hydrogens is 352 g/mol. The van der Waals surface area contributed by atoms with Crippen LogP contribution in [0.4, 0.5) is 17.1 Å². The minimum atomic E-state index is -0.458. The highest BCUT2D eigenvalue weighted by Gasteiger charge is 2.13. The van der Waals surface area contributed by atoms with E-state index < -0.39 is 5.91 Å². The molecule has 0 aromatic heterocycles. The van der Waals surface area contributed by atoms with Gasteiger partial charge in [-0.05, 0) is 48.2 Å². The van der Waals surface area contributed by atoms with Crippen LogP contribution in [0.25, 0.3) is 0 Å². The molecule has 0 spiro atoms. The van der Waals surface area contributed by atoms with Gasteiger partial charge in [0.2, 0.25) is 5.91 Å². The van der Waals surface area contributed by atoms with E-state index in [1.165, 1.54) is 13.1 Å². The summed E-state index contributed by atoms with van der Waals surface area (Å²) in [6.45, 7) is 5.49. The lowest BCUT2D eigenvalue weighted by atomic mass is 10.0. The molecule has 0 bridgehead atoms. The van der Waals surface area contributed by atoms with Gasteiger partial charge in [0.05, 0.1) is 0 Å². The third-order valence-corrected chi connectivity index (χ3v) is 4.19. The van der Waals surface area contributed by atoms with E-state index in [1.54, 1.807) is 24.3 Å². The molecule has 6 nitrogen and oxygen atoms in total. The monoisotopic (exact) mass is 376 g/mol. The summed E-state index contributed by atoms with van der Waals surface area (Å²) < 4.78 is 0. The summed E-state index contributed by atoms with van der Waals surface area (Å²) in [5.41, 5.74) is 4.18. The largest absolute Gasteiger partial charge is 0.360 e. The summed E-state index contributed by atoms with van der Waals surface area (Å²) in [7, 11) is 0. The maximum atomic E-state index is 12.6. The minimum absolute atomic E-state index is 0.0288. The first-order chi connectivity index (χ1) is 13.5. The number of hydrogen-bond donors (Lipinski definition) is 3. The smallest absolute Gasteiger partial charge is 0.267 e. The molecule has 28 heavy (non-hydrogen) atoms. The van der Waals surface area contributed by atoms with E-state index in [1.807, 2.05) is 38.1 Å². The second kappa shape index (κ2) is 9.93. The molecule has 2 aromatic carbocycles. The lowest BCUT2D eigenvalue weighted by Crippen LogP contribution is -2.17. The molecule has 6 heteroatoms. The van der Waals surface area contributed by atoms with Crippen LogP contribution in [0, 0.1) is 11.3 Å². The number of hydrogen-bond acceptors (Lipinski definition) is 4. The van der Waals surface area contributed by atoms with Crippen molar-refractivity contribution in [1.29, 1.82) is 5.26 Å². The van der Waals surface area contributed by atoms with E-state index >= 15 is 0 Å². The number of amides is 2. The Labute approximate surface area is 165 Å². The van der Waals surface area contributed by atoms with Crippen LogP contribution in [0.5, 0.6) is 0 Å². The molecule has 3 N–H and O–H groups in total. The number of anilines is 3. The van der Waals surface area contributed by atoms with Crippen molar-refractivity contribution >= 4 is 28.9 Å². The average Bonchev–Trinajstić information content (AvgIpc) is 2.69. The molecule has 0 radical (unpaired) electrons. The second-order valence-electron chi connectivity index (χ2n) is 6.19. The number of carbonyl (C=O) groups is 2. The number of rotatable bonds is 7. The quantitative estimate of drug-likeness (QED) is 0.498. The van der Waals surface area contributed by atoms with Gasteiger partial charge in [0.15, 0.2) is 0 Å². The highest BCUT2D eigenvalue weighted by atomic mass is 16.2. The van der Waals surface area contributed by atoms with Gasteiger partial charge in [0.1, 0.15) is 11.6 Å². The number of nitrogens with zero attached hydrogens (tertiary/aromatic N) is 1. The molecule has 0 aliphatic carbocycles. The van der Waals surface area contributed by atoms with E-state index in [-0.39, 0.29) is 11.5 Å². The number of benzene rings is 2. The van der Waals surface area contributed by atoms with E-state index in [9.17, 15) is 14.9 Å². The molecule has 0 heterocycles. The van der Waals surface area contributed by atoms with E-state index in [2.05, 4.69) is 16.0 Å². The molecule has 2 rings (SSSR count). The number of para-hydroxylation sites is 1. The second-order valence-corrected chi connectivity index (χ2v) is 6.19. The summed E-state index contributed by atoms with van der Waals surface area (Å²) in [4.78, 5) is 23.6. The third-order valence-electron chi connectivity index (χ3n) is 4.19. The maximum absolute atomic E-state index is 12.6. The number of nitriles is 1. The number of nitrogens with one attached hydrogen (secondary N) is 3. The van der Waals surface area contributed by atoms with Crippen molar-refractivity contribution < 1.29 is 9.59 Å². The van der Waals surface area contributed by atoms with Crippen molar-refractivity contribution in [2.24, 2.45) is 0 Å². The highest BCUT2D eigenvalue weighted by molar-refractivity contribution is 6.07. The molecule has 0 aliphatic heterocycles. The summed E-state index contributed by atoms with van der Waals surface area (Å²) in [6, 6.07) is 14.8. The first kappa shape index (κ1) is 20.7. The molecule has 0 unspecified atom stereocenters. The van der Waals surface area contributed by atoms with Crippen LogP contribution < -0.4 is 16.0 Å². The molecule has 2 aromatic rings. The first-order valence-corrected chi connectivity index (χ1v) is 9.15. The number of aryl methyl sites for hydroxylation is 2. The zero-order valence-corrected chi connectivity index (χ0v) is 16.3. The Hall–Kier alpha value is -3.59. The van der Waals surface area contributed by atoms with Crippen molar-refractivity contribution in [2.45, 2.75) is 33.6 Å². The molecule has 0 saturated carbocycles. The van der Waals surface area contributed by atoms with Crippen LogP contribution in [0.3, 0.4) is 0 Å². The van der Waals surface area contributed by atoms with Crippen molar-refractivity contribution in [1.82, 2.24) is 0 Å². The van der Waals surface area contributed by atoms with E-state index in [0.29, 0.717) is 11.4 Å². The van der Waals surface area contributed by atoms with Crippen LogP contribution in [-0.2, 0) is 22.4 Å². The standard InChI is InChI=1S/C22H24N4O2/c1-4-16-7-6-8-17(5-2)21(16)26-22(28)18(13-23)14-24-19-9-11-20(12-10-19)25-15(3)27/h6-12,14,24H,4-5H2,1-3H3,(H,25,27)(H,26,28)/b18-14-. The molecule has 0 aliphatic rings. The van der Waals surface area contributed by atoms with Gasteiger partial charge >= 0.3 is 0 Å². The highest BCUT2D eigenvalue weighted by Crippen LogP contribution is 2.23. The summed E-state index contributed by atoms with van der Waals surface area (Å²) in [5.74, 6) is -0.608. The van der Waals surface area contributed by atoms with Crippen LogP contribution in [0.2, 0.25) is 0 Å². The van der Waals surface area contributed by atoms with E-state index in [4.69, 9.17) is 0 Å². The SMILES string of the molecule is CCc1cccc(CC)c1NC(=O)/C(C#N)=C\Nc1ccc(NC(C)=O)cc1. The maximum Gasteiger partial charge on any atom is 0.267 e. The Morgan fingerprint density at radius 3 is 2.04 bits per heavy atom. The molecule has 144 valence electrons. The molecule has 0 fully saturated rings. The van der Waals surface area contributed by atoms with Crippen LogP contribution in [-0.4, -0.2) is 11.8 Å². The Kier molecular flexibility index (Phi) is 7.35. The predicted molar refractivity (Wildman–Crippen MR) is 112 cm³/mol.